The predicted octanol–water partition coefficient (Wildman–Crippen LogP) is 1.68. The second-order valence-electron chi connectivity index (χ2n) is 3.22. The van der Waals surface area contributed by atoms with Gasteiger partial charge in [0, 0.05) is 0 Å². The van der Waals surface area contributed by atoms with Gasteiger partial charge < -0.3 is 9.47 Å². The zero-order chi connectivity index (χ0) is 11.8. The van der Waals surface area contributed by atoms with E-state index in [9.17, 15) is 9.59 Å². The van der Waals surface area contributed by atoms with Gasteiger partial charge in [-0.25, -0.2) is 4.79 Å². The van der Waals surface area contributed by atoms with Crippen LogP contribution in [-0.4, -0.2) is 18.5 Å². The zero-order valence-electron chi connectivity index (χ0n) is 9.09. The van der Waals surface area contributed by atoms with Crippen LogP contribution in [0.3, 0.4) is 0 Å². The summed E-state index contributed by atoms with van der Waals surface area (Å²) in [6.45, 7) is 2.20. The Kier molecular flexibility index (Phi) is 5.05. The van der Waals surface area contributed by atoms with Gasteiger partial charge in [-0.05, 0) is 12.0 Å². The van der Waals surface area contributed by atoms with E-state index in [2.05, 4.69) is 4.74 Å². The van der Waals surface area contributed by atoms with E-state index in [-0.39, 0.29) is 13.1 Å². The lowest BCUT2D eigenvalue weighted by Crippen LogP contribution is -2.25. The molecule has 1 atom stereocenters. The van der Waals surface area contributed by atoms with Crippen LogP contribution >= 0.6 is 0 Å². The molecule has 0 aliphatic rings. The fourth-order valence-electron chi connectivity index (χ4n) is 1.21. The molecule has 0 radical (unpaired) electrons. The molecule has 0 aliphatic heterocycles. The summed E-state index contributed by atoms with van der Waals surface area (Å²) in [4.78, 5) is 21.6. The van der Waals surface area contributed by atoms with E-state index in [0.29, 0.717) is 6.42 Å². The molecule has 86 valence electrons. The van der Waals surface area contributed by atoms with Crippen LogP contribution in [0.4, 0.5) is 0 Å². The highest BCUT2D eigenvalue weighted by atomic mass is 16.6. The number of hydrogen-bond donors (Lipinski definition) is 0. The second-order valence-corrected chi connectivity index (χ2v) is 3.22. The van der Waals surface area contributed by atoms with Crippen LogP contribution in [0.5, 0.6) is 0 Å². The van der Waals surface area contributed by atoms with E-state index < -0.39 is 12.1 Å². The zero-order valence-corrected chi connectivity index (χ0v) is 9.09. The van der Waals surface area contributed by atoms with E-state index >= 15 is 0 Å². The number of rotatable bonds is 6. The molecule has 1 aromatic carbocycles. The summed E-state index contributed by atoms with van der Waals surface area (Å²) in [5.74, 6) is -0.515. The lowest BCUT2D eigenvalue weighted by atomic mass is 10.2. The molecule has 4 nitrogen and oxygen atoms in total. The Hall–Kier alpha value is -1.84. The monoisotopic (exact) mass is 222 g/mol. The summed E-state index contributed by atoms with van der Waals surface area (Å²) in [6, 6.07) is 9.32. The Morgan fingerprint density at radius 1 is 1.38 bits per heavy atom. The maximum absolute atomic E-state index is 11.4. The smallest absolute Gasteiger partial charge is 0.347 e. The van der Waals surface area contributed by atoms with Crippen molar-refractivity contribution in [2.45, 2.75) is 26.1 Å². The fourth-order valence-corrected chi connectivity index (χ4v) is 1.21. The number of hydrogen-bond acceptors (Lipinski definition) is 4. The molecule has 0 saturated heterocycles. The van der Waals surface area contributed by atoms with Crippen molar-refractivity contribution in [1.82, 2.24) is 0 Å². The molecule has 0 aliphatic carbocycles. The highest BCUT2D eigenvalue weighted by Gasteiger charge is 2.18. The van der Waals surface area contributed by atoms with Gasteiger partial charge in [0.15, 0.2) is 6.10 Å². The molecule has 0 bridgehead atoms. The first-order chi connectivity index (χ1) is 7.77. The van der Waals surface area contributed by atoms with Gasteiger partial charge in [-0.2, -0.15) is 0 Å². The summed E-state index contributed by atoms with van der Waals surface area (Å²) in [5.41, 5.74) is 0.900. The quantitative estimate of drug-likeness (QED) is 0.543. The number of ether oxygens (including phenoxy) is 2. The van der Waals surface area contributed by atoms with Gasteiger partial charge in [0.25, 0.3) is 6.47 Å². The Balaban J connectivity index is 2.42. The van der Waals surface area contributed by atoms with Crippen molar-refractivity contribution in [2.24, 2.45) is 0 Å². The van der Waals surface area contributed by atoms with Crippen molar-refractivity contribution in [2.75, 3.05) is 0 Å². The summed E-state index contributed by atoms with van der Waals surface area (Å²) >= 11 is 0. The topological polar surface area (TPSA) is 52.6 Å². The molecule has 0 aromatic heterocycles. The maximum Gasteiger partial charge on any atom is 0.347 e. The van der Waals surface area contributed by atoms with E-state index in [1.807, 2.05) is 30.3 Å². The van der Waals surface area contributed by atoms with Crippen molar-refractivity contribution in [3.8, 4) is 0 Å². The third-order valence-electron chi connectivity index (χ3n) is 2.08. The van der Waals surface area contributed by atoms with Crippen LogP contribution in [0.25, 0.3) is 0 Å². The van der Waals surface area contributed by atoms with Gasteiger partial charge in [-0.15, -0.1) is 0 Å². The second kappa shape index (κ2) is 6.61. The lowest BCUT2D eigenvalue weighted by molar-refractivity contribution is -0.162. The van der Waals surface area contributed by atoms with E-state index in [1.54, 1.807) is 6.92 Å². The van der Waals surface area contributed by atoms with Crippen LogP contribution in [0.2, 0.25) is 0 Å². The third kappa shape index (κ3) is 3.73. The van der Waals surface area contributed by atoms with Crippen molar-refractivity contribution < 1.29 is 19.1 Å². The van der Waals surface area contributed by atoms with Gasteiger partial charge in [0.05, 0.1) is 0 Å². The van der Waals surface area contributed by atoms with Crippen LogP contribution in [0, 0.1) is 0 Å². The number of esters is 1. The van der Waals surface area contributed by atoms with Gasteiger partial charge in [0.2, 0.25) is 0 Å². The van der Waals surface area contributed by atoms with E-state index in [1.165, 1.54) is 0 Å². The summed E-state index contributed by atoms with van der Waals surface area (Å²) in [5, 5.41) is 0. The lowest BCUT2D eigenvalue weighted by Gasteiger charge is -2.12. The molecule has 4 heteroatoms. The number of carbonyl (C=O) groups excluding carboxylic acids is 2. The summed E-state index contributed by atoms with van der Waals surface area (Å²) in [6.07, 6.45) is -0.395. The Morgan fingerprint density at radius 2 is 2.06 bits per heavy atom. The van der Waals surface area contributed by atoms with Crippen molar-refractivity contribution >= 4 is 12.4 Å². The van der Waals surface area contributed by atoms with E-state index in [0.717, 1.165) is 5.56 Å². The molecule has 16 heavy (non-hydrogen) atoms. The molecule has 1 aromatic rings. The number of carbonyl (C=O) groups is 2. The number of benzene rings is 1. The van der Waals surface area contributed by atoms with Gasteiger partial charge in [-0.3, -0.25) is 4.79 Å². The first kappa shape index (κ1) is 12.2. The predicted molar refractivity (Wildman–Crippen MR) is 57.5 cm³/mol. The molecule has 0 saturated carbocycles. The van der Waals surface area contributed by atoms with Crippen molar-refractivity contribution in [1.29, 1.82) is 0 Å². The average Bonchev–Trinajstić information content (AvgIpc) is 2.34. The highest BCUT2D eigenvalue weighted by molar-refractivity contribution is 5.75. The molecule has 0 amide bonds. The third-order valence-corrected chi connectivity index (χ3v) is 2.08. The first-order valence-electron chi connectivity index (χ1n) is 5.07. The van der Waals surface area contributed by atoms with Crippen LogP contribution in [-0.2, 0) is 25.7 Å². The molecular formula is C12H14O4. The molecular weight excluding hydrogens is 208 g/mol. The van der Waals surface area contributed by atoms with E-state index in [4.69, 9.17) is 4.74 Å². The molecule has 0 spiro atoms. The molecule has 0 heterocycles. The first-order valence-corrected chi connectivity index (χ1v) is 5.07. The van der Waals surface area contributed by atoms with Crippen molar-refractivity contribution in [3.05, 3.63) is 35.9 Å². The van der Waals surface area contributed by atoms with Gasteiger partial charge in [0.1, 0.15) is 6.61 Å². The van der Waals surface area contributed by atoms with Gasteiger partial charge in [-0.1, -0.05) is 37.3 Å². The van der Waals surface area contributed by atoms with Crippen LogP contribution < -0.4 is 0 Å². The standard InChI is InChI=1S/C12H14O4/c1-2-11(16-9-13)12(14)15-8-10-6-4-3-5-7-10/h3-7,9,11H,2,8H2,1H3. The summed E-state index contributed by atoms with van der Waals surface area (Å²) < 4.78 is 9.60. The maximum atomic E-state index is 11.4. The summed E-state index contributed by atoms with van der Waals surface area (Å²) in [7, 11) is 0. The van der Waals surface area contributed by atoms with Gasteiger partial charge >= 0.3 is 5.97 Å². The Labute approximate surface area is 94.2 Å². The largest absolute Gasteiger partial charge is 0.458 e. The SMILES string of the molecule is CCC(OC=O)C(=O)OCc1ccccc1. The van der Waals surface area contributed by atoms with Crippen molar-refractivity contribution in [3.63, 3.8) is 0 Å². The Morgan fingerprint density at radius 3 is 2.62 bits per heavy atom. The minimum atomic E-state index is -0.804. The molecule has 1 rings (SSSR count). The van der Waals surface area contributed by atoms with Crippen LogP contribution in [0.15, 0.2) is 30.3 Å². The minimum Gasteiger partial charge on any atom is -0.458 e. The minimum absolute atomic E-state index is 0.193. The average molecular weight is 222 g/mol. The fraction of sp³-hybridized carbons (Fsp3) is 0.333. The highest BCUT2D eigenvalue weighted by Crippen LogP contribution is 2.04. The van der Waals surface area contributed by atoms with Crippen LogP contribution in [0.1, 0.15) is 18.9 Å². The Bertz CT molecular complexity index is 334. The normalized spacial score (nSPS) is 11.6. The molecule has 1 unspecified atom stereocenters. The molecule has 0 fully saturated rings. The molecule has 0 N–H and O–H groups in total.